The van der Waals surface area contributed by atoms with Crippen molar-refractivity contribution in [1.29, 1.82) is 0 Å². The molecule has 0 radical (unpaired) electrons. The van der Waals surface area contributed by atoms with E-state index >= 15 is 0 Å². The topological polar surface area (TPSA) is 40.7 Å². The van der Waals surface area contributed by atoms with Gasteiger partial charge in [0, 0.05) is 22.2 Å². The second kappa shape index (κ2) is 5.12. The monoisotopic (exact) mass is 261 g/mol. The number of nitrogens with one attached hydrogen (secondary N) is 2. The minimum Gasteiger partial charge on any atom is -0.348 e. The third-order valence-electron chi connectivity index (χ3n) is 3.51. The van der Waals surface area contributed by atoms with Crippen molar-refractivity contribution in [3.05, 3.63) is 41.3 Å². The molecule has 1 saturated heterocycles. The molecule has 0 unspecified atom stereocenters. The van der Waals surface area contributed by atoms with E-state index < -0.39 is 0 Å². The molecule has 0 spiro atoms. The Morgan fingerprint density at radius 2 is 2.06 bits per heavy atom. The lowest BCUT2D eigenvalue weighted by molar-refractivity contribution is 0.455. The van der Waals surface area contributed by atoms with Gasteiger partial charge in [0.25, 0.3) is 0 Å². The van der Waals surface area contributed by atoms with Crippen molar-refractivity contribution in [3.63, 3.8) is 0 Å². The largest absolute Gasteiger partial charge is 0.348 e. The van der Waals surface area contributed by atoms with Gasteiger partial charge in [-0.1, -0.05) is 23.7 Å². The number of H-pyrrole nitrogens is 1. The zero-order chi connectivity index (χ0) is 12.4. The van der Waals surface area contributed by atoms with E-state index in [0.29, 0.717) is 5.92 Å². The molecule has 1 aliphatic heterocycles. The molecule has 2 heterocycles. The van der Waals surface area contributed by atoms with Crippen LogP contribution in [0, 0.1) is 0 Å². The second-order valence-corrected chi connectivity index (χ2v) is 5.14. The van der Waals surface area contributed by atoms with Crippen molar-refractivity contribution in [3.8, 4) is 11.3 Å². The average Bonchev–Trinajstić information content (AvgIpc) is 2.89. The second-order valence-electron chi connectivity index (χ2n) is 4.70. The summed E-state index contributed by atoms with van der Waals surface area (Å²) in [6.07, 6.45) is 4.11. The molecule has 1 fully saturated rings. The summed E-state index contributed by atoms with van der Waals surface area (Å²) >= 11 is 6.05. The van der Waals surface area contributed by atoms with Crippen molar-refractivity contribution in [2.45, 2.75) is 18.8 Å². The average molecular weight is 262 g/mol. The normalized spacial score (nSPS) is 16.9. The summed E-state index contributed by atoms with van der Waals surface area (Å²) < 4.78 is 0. The van der Waals surface area contributed by atoms with Crippen LogP contribution in [-0.4, -0.2) is 23.1 Å². The number of rotatable bonds is 2. The third-order valence-corrected chi connectivity index (χ3v) is 3.75. The molecule has 2 aromatic rings. The lowest BCUT2D eigenvalue weighted by Gasteiger charge is -2.22. The molecular weight excluding hydrogens is 246 g/mol. The van der Waals surface area contributed by atoms with E-state index in [0.717, 1.165) is 42.2 Å². The number of aromatic nitrogens is 2. The molecule has 1 aliphatic rings. The number of hydrogen-bond acceptors (Lipinski definition) is 2. The third kappa shape index (κ3) is 2.28. The van der Waals surface area contributed by atoms with Crippen molar-refractivity contribution in [2.24, 2.45) is 0 Å². The Morgan fingerprint density at radius 3 is 2.83 bits per heavy atom. The summed E-state index contributed by atoms with van der Waals surface area (Å²) in [5.41, 5.74) is 3.39. The summed E-state index contributed by atoms with van der Waals surface area (Å²) in [6, 6.07) is 7.90. The van der Waals surface area contributed by atoms with Crippen molar-refractivity contribution in [1.82, 2.24) is 15.3 Å². The molecule has 0 amide bonds. The van der Waals surface area contributed by atoms with Crippen LogP contribution in [-0.2, 0) is 0 Å². The first-order valence-electron chi connectivity index (χ1n) is 6.34. The molecule has 4 heteroatoms. The fourth-order valence-corrected chi connectivity index (χ4v) is 2.78. The molecule has 3 rings (SSSR count). The van der Waals surface area contributed by atoms with Gasteiger partial charge in [0.05, 0.1) is 12.0 Å². The number of imidazole rings is 1. The molecule has 94 valence electrons. The van der Waals surface area contributed by atoms with E-state index in [-0.39, 0.29) is 0 Å². The van der Waals surface area contributed by atoms with Crippen molar-refractivity contribution in [2.75, 3.05) is 13.1 Å². The molecule has 18 heavy (non-hydrogen) atoms. The number of hydrogen-bond donors (Lipinski definition) is 2. The van der Waals surface area contributed by atoms with E-state index in [2.05, 4.69) is 21.4 Å². The van der Waals surface area contributed by atoms with Crippen LogP contribution >= 0.6 is 11.6 Å². The lowest BCUT2D eigenvalue weighted by atomic mass is 9.92. The Labute approximate surface area is 112 Å². The van der Waals surface area contributed by atoms with E-state index in [9.17, 15) is 0 Å². The first-order chi connectivity index (χ1) is 8.84. The molecule has 3 nitrogen and oxygen atoms in total. The first kappa shape index (κ1) is 11.8. The van der Waals surface area contributed by atoms with Crippen LogP contribution in [0.25, 0.3) is 11.3 Å². The maximum Gasteiger partial charge on any atom is 0.0929 e. The first-order valence-corrected chi connectivity index (χ1v) is 6.72. The van der Waals surface area contributed by atoms with Gasteiger partial charge in [-0.05, 0) is 38.1 Å². The number of halogens is 1. The van der Waals surface area contributed by atoms with Gasteiger partial charge in [0.15, 0.2) is 0 Å². The standard InChI is InChI=1S/C14H16ClN3/c15-12-3-1-2-11(8-12)14-13(17-9-18-14)10-4-6-16-7-5-10/h1-3,8-10,16H,4-7H2,(H,17,18). The predicted molar refractivity (Wildman–Crippen MR) is 73.9 cm³/mol. The Bertz CT molecular complexity index is 529. The molecule has 0 aliphatic carbocycles. The number of piperidine rings is 1. The summed E-state index contributed by atoms with van der Waals surface area (Å²) in [6.45, 7) is 2.16. The van der Waals surface area contributed by atoms with Gasteiger partial charge < -0.3 is 10.3 Å². The van der Waals surface area contributed by atoms with E-state index in [1.807, 2.05) is 18.2 Å². The highest BCUT2D eigenvalue weighted by Crippen LogP contribution is 2.32. The van der Waals surface area contributed by atoms with Crippen LogP contribution < -0.4 is 5.32 Å². The highest BCUT2D eigenvalue weighted by molar-refractivity contribution is 6.30. The fourth-order valence-electron chi connectivity index (χ4n) is 2.59. The van der Waals surface area contributed by atoms with E-state index in [4.69, 9.17) is 11.6 Å². The molecule has 1 aromatic carbocycles. The fraction of sp³-hybridized carbons (Fsp3) is 0.357. The SMILES string of the molecule is Clc1cccc(-c2nc[nH]c2C2CCNCC2)c1. The Morgan fingerprint density at radius 1 is 1.22 bits per heavy atom. The lowest BCUT2D eigenvalue weighted by Crippen LogP contribution is -2.27. The number of benzene rings is 1. The van der Waals surface area contributed by atoms with Gasteiger partial charge in [0.2, 0.25) is 0 Å². The van der Waals surface area contributed by atoms with Crippen LogP contribution in [0.4, 0.5) is 0 Å². The Kier molecular flexibility index (Phi) is 3.35. The van der Waals surface area contributed by atoms with Gasteiger partial charge in [-0.25, -0.2) is 4.98 Å². The molecule has 0 bridgehead atoms. The van der Waals surface area contributed by atoms with Gasteiger partial charge in [-0.2, -0.15) is 0 Å². The van der Waals surface area contributed by atoms with Crippen LogP contribution in [0.1, 0.15) is 24.5 Å². The Hall–Kier alpha value is -1.32. The smallest absolute Gasteiger partial charge is 0.0929 e. The molecule has 0 atom stereocenters. The zero-order valence-corrected chi connectivity index (χ0v) is 10.9. The van der Waals surface area contributed by atoms with Gasteiger partial charge >= 0.3 is 0 Å². The van der Waals surface area contributed by atoms with Crippen LogP contribution in [0.2, 0.25) is 5.02 Å². The van der Waals surface area contributed by atoms with E-state index in [1.54, 1.807) is 6.33 Å². The number of nitrogens with zero attached hydrogens (tertiary/aromatic N) is 1. The Balaban J connectivity index is 1.95. The van der Waals surface area contributed by atoms with E-state index in [1.165, 1.54) is 5.69 Å². The molecule has 0 saturated carbocycles. The highest BCUT2D eigenvalue weighted by atomic mass is 35.5. The summed E-state index contributed by atoms with van der Waals surface area (Å²) in [7, 11) is 0. The summed E-state index contributed by atoms with van der Waals surface area (Å²) in [5, 5.41) is 4.15. The minimum atomic E-state index is 0.572. The predicted octanol–water partition coefficient (Wildman–Crippen LogP) is 3.20. The minimum absolute atomic E-state index is 0.572. The molecule has 1 aromatic heterocycles. The van der Waals surface area contributed by atoms with Crippen LogP contribution in [0.5, 0.6) is 0 Å². The van der Waals surface area contributed by atoms with Gasteiger partial charge in [-0.15, -0.1) is 0 Å². The van der Waals surface area contributed by atoms with Gasteiger partial charge in [0.1, 0.15) is 0 Å². The highest BCUT2D eigenvalue weighted by Gasteiger charge is 2.20. The van der Waals surface area contributed by atoms with Crippen molar-refractivity contribution >= 4 is 11.6 Å². The van der Waals surface area contributed by atoms with Crippen LogP contribution in [0.3, 0.4) is 0 Å². The van der Waals surface area contributed by atoms with Crippen LogP contribution in [0.15, 0.2) is 30.6 Å². The quantitative estimate of drug-likeness (QED) is 0.872. The number of aromatic amines is 1. The van der Waals surface area contributed by atoms with Crippen molar-refractivity contribution < 1.29 is 0 Å². The zero-order valence-electron chi connectivity index (χ0n) is 10.1. The molecule has 2 N–H and O–H groups in total. The van der Waals surface area contributed by atoms with Gasteiger partial charge in [-0.3, -0.25) is 0 Å². The summed E-state index contributed by atoms with van der Waals surface area (Å²) in [5.74, 6) is 0.572. The maximum absolute atomic E-state index is 6.05. The summed E-state index contributed by atoms with van der Waals surface area (Å²) in [4.78, 5) is 7.78. The maximum atomic E-state index is 6.05. The molecular formula is C14H16ClN3.